The van der Waals surface area contributed by atoms with Crippen LogP contribution in [0, 0.1) is 10.1 Å². The molecule has 0 spiro atoms. The fourth-order valence-corrected chi connectivity index (χ4v) is 1.31. The van der Waals surface area contributed by atoms with Crippen molar-refractivity contribution in [1.82, 2.24) is 10.3 Å². The standard InChI is InChI=1S/C8H9N3O3/c12-8(4-9-5-8)7-2-1-6(3-10-7)11(13)14/h1-3,9,12H,4-5H2. The Balaban J connectivity index is 2.25. The fraction of sp³-hybridized carbons (Fsp3) is 0.375. The van der Waals surface area contributed by atoms with Gasteiger partial charge in [0.2, 0.25) is 0 Å². The smallest absolute Gasteiger partial charge is 0.287 e. The number of aliphatic hydroxyl groups is 1. The number of hydrogen-bond acceptors (Lipinski definition) is 5. The molecule has 1 aromatic rings. The highest BCUT2D eigenvalue weighted by Gasteiger charge is 2.37. The van der Waals surface area contributed by atoms with Crippen LogP contribution in [0.5, 0.6) is 0 Å². The predicted molar refractivity (Wildman–Crippen MR) is 47.7 cm³/mol. The topological polar surface area (TPSA) is 88.3 Å². The summed E-state index contributed by atoms with van der Waals surface area (Å²) in [5, 5.41) is 23.1. The van der Waals surface area contributed by atoms with Crippen LogP contribution >= 0.6 is 0 Å². The van der Waals surface area contributed by atoms with Gasteiger partial charge in [0, 0.05) is 19.2 Å². The summed E-state index contributed by atoms with van der Waals surface area (Å²) >= 11 is 0. The number of aromatic nitrogens is 1. The van der Waals surface area contributed by atoms with Crippen LogP contribution in [0.1, 0.15) is 5.69 Å². The first-order valence-electron chi connectivity index (χ1n) is 4.16. The Labute approximate surface area is 79.7 Å². The summed E-state index contributed by atoms with van der Waals surface area (Å²) in [4.78, 5) is 13.7. The minimum absolute atomic E-state index is 0.0652. The maximum atomic E-state index is 10.3. The highest BCUT2D eigenvalue weighted by atomic mass is 16.6. The van der Waals surface area contributed by atoms with Gasteiger partial charge in [0.1, 0.15) is 11.8 Å². The van der Waals surface area contributed by atoms with E-state index < -0.39 is 10.5 Å². The van der Waals surface area contributed by atoms with Crippen LogP contribution in [0.15, 0.2) is 18.3 Å². The average Bonchev–Trinajstić information content (AvgIpc) is 2.14. The van der Waals surface area contributed by atoms with E-state index in [-0.39, 0.29) is 5.69 Å². The second kappa shape index (κ2) is 3.00. The lowest BCUT2D eigenvalue weighted by Gasteiger charge is -2.36. The number of nitrogens with one attached hydrogen (secondary N) is 1. The lowest BCUT2D eigenvalue weighted by atomic mass is 9.93. The molecule has 0 radical (unpaired) electrons. The third-order valence-corrected chi connectivity index (χ3v) is 2.27. The Hall–Kier alpha value is -1.53. The van der Waals surface area contributed by atoms with Crippen molar-refractivity contribution in [3.8, 4) is 0 Å². The third-order valence-electron chi connectivity index (χ3n) is 2.27. The quantitative estimate of drug-likeness (QED) is 0.503. The zero-order valence-electron chi connectivity index (χ0n) is 7.30. The second-order valence-electron chi connectivity index (χ2n) is 3.29. The lowest BCUT2D eigenvalue weighted by Crippen LogP contribution is -2.57. The molecule has 0 atom stereocenters. The van der Waals surface area contributed by atoms with E-state index in [9.17, 15) is 15.2 Å². The van der Waals surface area contributed by atoms with Gasteiger partial charge in [-0.3, -0.25) is 15.1 Å². The van der Waals surface area contributed by atoms with Crippen molar-refractivity contribution in [1.29, 1.82) is 0 Å². The van der Waals surface area contributed by atoms with E-state index in [1.165, 1.54) is 12.1 Å². The summed E-state index contributed by atoms with van der Waals surface area (Å²) in [7, 11) is 0. The third kappa shape index (κ3) is 1.34. The minimum Gasteiger partial charge on any atom is -0.381 e. The summed E-state index contributed by atoms with van der Waals surface area (Å²) in [6.45, 7) is 0.885. The van der Waals surface area contributed by atoms with Crippen molar-refractivity contribution in [3.05, 3.63) is 34.1 Å². The van der Waals surface area contributed by atoms with Gasteiger partial charge in [-0.2, -0.15) is 0 Å². The second-order valence-corrected chi connectivity index (χ2v) is 3.29. The molecule has 1 fully saturated rings. The highest BCUT2D eigenvalue weighted by Crippen LogP contribution is 2.24. The van der Waals surface area contributed by atoms with Crippen molar-refractivity contribution in [2.75, 3.05) is 13.1 Å². The van der Waals surface area contributed by atoms with Gasteiger partial charge in [0.25, 0.3) is 5.69 Å². The Kier molecular flexibility index (Phi) is 1.94. The van der Waals surface area contributed by atoms with Crippen LogP contribution in [0.3, 0.4) is 0 Å². The van der Waals surface area contributed by atoms with Crippen LogP contribution in [0.25, 0.3) is 0 Å². The van der Waals surface area contributed by atoms with Crippen molar-refractivity contribution >= 4 is 5.69 Å². The Morgan fingerprint density at radius 2 is 2.29 bits per heavy atom. The summed E-state index contributed by atoms with van der Waals surface area (Å²) < 4.78 is 0. The van der Waals surface area contributed by atoms with E-state index in [4.69, 9.17) is 0 Å². The molecular weight excluding hydrogens is 186 g/mol. The van der Waals surface area contributed by atoms with Gasteiger partial charge in [-0.15, -0.1) is 0 Å². The molecule has 0 aliphatic carbocycles. The Morgan fingerprint density at radius 1 is 1.57 bits per heavy atom. The highest BCUT2D eigenvalue weighted by molar-refractivity contribution is 5.30. The molecule has 2 N–H and O–H groups in total. The lowest BCUT2D eigenvalue weighted by molar-refractivity contribution is -0.385. The summed E-state index contributed by atoms with van der Waals surface area (Å²) in [5.74, 6) is 0. The molecule has 2 rings (SSSR count). The molecule has 6 nitrogen and oxygen atoms in total. The van der Waals surface area contributed by atoms with Crippen LogP contribution in [-0.2, 0) is 5.60 Å². The summed E-state index contributed by atoms with van der Waals surface area (Å²) in [6.07, 6.45) is 1.16. The van der Waals surface area contributed by atoms with Gasteiger partial charge in [0.05, 0.1) is 10.6 Å². The van der Waals surface area contributed by atoms with Gasteiger partial charge in [-0.25, -0.2) is 0 Å². The van der Waals surface area contributed by atoms with E-state index in [0.29, 0.717) is 18.8 Å². The average molecular weight is 195 g/mol. The number of nitro groups is 1. The van der Waals surface area contributed by atoms with Gasteiger partial charge < -0.3 is 10.4 Å². The summed E-state index contributed by atoms with van der Waals surface area (Å²) in [5.41, 5.74) is -0.540. The van der Waals surface area contributed by atoms with Crippen molar-refractivity contribution in [2.24, 2.45) is 0 Å². The molecule has 14 heavy (non-hydrogen) atoms. The number of β-amino-alcohol motifs (C(OH)–C–C–N with tert-alkyl or cyclic N) is 1. The number of rotatable bonds is 2. The molecule has 0 aromatic carbocycles. The summed E-state index contributed by atoms with van der Waals surface area (Å²) in [6, 6.07) is 2.83. The molecule has 0 amide bonds. The molecule has 2 heterocycles. The molecule has 1 aliphatic heterocycles. The first kappa shape index (κ1) is 9.04. The number of nitrogens with zero attached hydrogens (tertiary/aromatic N) is 2. The van der Waals surface area contributed by atoms with Crippen LogP contribution < -0.4 is 5.32 Å². The molecule has 6 heteroatoms. The Bertz CT molecular complexity index is 359. The van der Waals surface area contributed by atoms with Crippen molar-refractivity contribution in [2.45, 2.75) is 5.60 Å². The molecule has 0 bridgehead atoms. The van der Waals surface area contributed by atoms with E-state index in [0.717, 1.165) is 6.20 Å². The number of hydrogen-bond donors (Lipinski definition) is 2. The molecule has 1 saturated heterocycles. The van der Waals surface area contributed by atoms with E-state index in [1.54, 1.807) is 0 Å². The van der Waals surface area contributed by atoms with Gasteiger partial charge >= 0.3 is 0 Å². The Morgan fingerprint density at radius 3 is 2.64 bits per heavy atom. The van der Waals surface area contributed by atoms with Gasteiger partial charge in [-0.05, 0) is 6.07 Å². The molecule has 0 saturated carbocycles. The molecule has 1 aromatic heterocycles. The van der Waals surface area contributed by atoms with Crippen LogP contribution in [0.4, 0.5) is 5.69 Å². The monoisotopic (exact) mass is 195 g/mol. The SMILES string of the molecule is O=[N+]([O-])c1ccc(C2(O)CNC2)nc1. The zero-order chi connectivity index (χ0) is 10.2. The van der Waals surface area contributed by atoms with Gasteiger partial charge in [0.15, 0.2) is 0 Å². The largest absolute Gasteiger partial charge is 0.381 e. The zero-order valence-corrected chi connectivity index (χ0v) is 7.30. The molecule has 1 aliphatic rings. The predicted octanol–water partition coefficient (Wildman–Crippen LogP) is -0.219. The van der Waals surface area contributed by atoms with Crippen LogP contribution in [0.2, 0.25) is 0 Å². The van der Waals surface area contributed by atoms with E-state index >= 15 is 0 Å². The van der Waals surface area contributed by atoms with Crippen molar-refractivity contribution in [3.63, 3.8) is 0 Å². The molecular formula is C8H9N3O3. The normalized spacial score (nSPS) is 18.6. The van der Waals surface area contributed by atoms with E-state index in [1.807, 2.05) is 0 Å². The van der Waals surface area contributed by atoms with Crippen LogP contribution in [-0.4, -0.2) is 28.1 Å². The first-order chi connectivity index (χ1) is 6.62. The fourth-order valence-electron chi connectivity index (χ4n) is 1.31. The molecule has 0 unspecified atom stereocenters. The van der Waals surface area contributed by atoms with E-state index in [2.05, 4.69) is 10.3 Å². The van der Waals surface area contributed by atoms with Gasteiger partial charge in [-0.1, -0.05) is 0 Å². The first-order valence-corrected chi connectivity index (χ1v) is 4.16. The number of pyridine rings is 1. The maximum Gasteiger partial charge on any atom is 0.287 e. The maximum absolute atomic E-state index is 10.3. The molecule has 74 valence electrons. The van der Waals surface area contributed by atoms with Crippen molar-refractivity contribution < 1.29 is 10.0 Å². The minimum atomic E-state index is -0.949.